The lowest BCUT2D eigenvalue weighted by Gasteiger charge is -2.28. The van der Waals surface area contributed by atoms with Gasteiger partial charge in [-0.3, -0.25) is 4.90 Å². The van der Waals surface area contributed by atoms with Crippen molar-refractivity contribution in [3.05, 3.63) is 48.0 Å². The molecule has 1 N–H and O–H groups in total. The highest BCUT2D eigenvalue weighted by Crippen LogP contribution is 2.22. The summed E-state index contributed by atoms with van der Waals surface area (Å²) in [4.78, 5) is 6.54. The van der Waals surface area contributed by atoms with E-state index in [9.17, 15) is 0 Å². The molecule has 2 heterocycles. The second-order valence-electron chi connectivity index (χ2n) is 4.64. The minimum atomic E-state index is 0.114. The van der Waals surface area contributed by atoms with E-state index in [-0.39, 0.29) is 6.04 Å². The molecule has 0 aliphatic heterocycles. The number of hydrogen-bond acceptors (Lipinski definition) is 5. The number of aromatic nitrogens is 1. The monoisotopic (exact) mass is 284 g/mol. The van der Waals surface area contributed by atoms with E-state index in [4.69, 9.17) is 9.68 Å². The SMILES string of the molecule is CCN(CC)[C@H](CNc1ncccc1C#N)c1ccco1. The van der Waals surface area contributed by atoms with Gasteiger partial charge in [-0.05, 0) is 37.4 Å². The number of likely N-dealkylation sites (N-methyl/N-ethyl adjacent to an activating group) is 1. The summed E-state index contributed by atoms with van der Waals surface area (Å²) in [6.45, 7) is 6.75. The molecule has 5 heteroatoms. The van der Waals surface area contributed by atoms with Crippen molar-refractivity contribution in [1.29, 1.82) is 5.26 Å². The third kappa shape index (κ3) is 3.61. The van der Waals surface area contributed by atoms with E-state index >= 15 is 0 Å². The van der Waals surface area contributed by atoms with Gasteiger partial charge in [-0.2, -0.15) is 5.26 Å². The summed E-state index contributed by atoms with van der Waals surface area (Å²) in [5.74, 6) is 1.53. The fourth-order valence-corrected chi connectivity index (χ4v) is 2.38. The van der Waals surface area contributed by atoms with Gasteiger partial charge in [0, 0.05) is 12.7 Å². The minimum absolute atomic E-state index is 0.114. The zero-order valence-corrected chi connectivity index (χ0v) is 12.4. The molecule has 0 unspecified atom stereocenters. The van der Waals surface area contributed by atoms with Crippen LogP contribution in [0.2, 0.25) is 0 Å². The predicted octanol–water partition coefficient (Wildman–Crippen LogP) is 3.04. The van der Waals surface area contributed by atoms with Gasteiger partial charge in [0.2, 0.25) is 0 Å². The molecule has 0 aromatic carbocycles. The maximum Gasteiger partial charge on any atom is 0.143 e. The van der Waals surface area contributed by atoms with Crippen LogP contribution in [-0.4, -0.2) is 29.5 Å². The van der Waals surface area contributed by atoms with Crippen LogP contribution in [0.3, 0.4) is 0 Å². The molecule has 0 aliphatic rings. The van der Waals surface area contributed by atoms with E-state index in [0.717, 1.165) is 18.8 Å². The Morgan fingerprint density at radius 3 is 2.76 bits per heavy atom. The van der Waals surface area contributed by atoms with Crippen LogP contribution in [0.15, 0.2) is 41.1 Å². The molecule has 0 fully saturated rings. The second-order valence-corrected chi connectivity index (χ2v) is 4.64. The topological polar surface area (TPSA) is 65.1 Å². The fraction of sp³-hybridized carbons (Fsp3) is 0.375. The van der Waals surface area contributed by atoms with E-state index in [1.165, 1.54) is 0 Å². The van der Waals surface area contributed by atoms with Crippen LogP contribution < -0.4 is 5.32 Å². The van der Waals surface area contributed by atoms with Gasteiger partial charge in [-0.1, -0.05) is 13.8 Å². The summed E-state index contributed by atoms with van der Waals surface area (Å²) in [6, 6.07) is 9.66. The van der Waals surface area contributed by atoms with Gasteiger partial charge in [0.25, 0.3) is 0 Å². The van der Waals surface area contributed by atoms with Crippen molar-refractivity contribution in [3.8, 4) is 6.07 Å². The van der Waals surface area contributed by atoms with Crippen LogP contribution >= 0.6 is 0 Å². The van der Waals surface area contributed by atoms with Crippen LogP contribution in [0.4, 0.5) is 5.82 Å². The van der Waals surface area contributed by atoms with Crippen molar-refractivity contribution in [1.82, 2.24) is 9.88 Å². The lowest BCUT2D eigenvalue weighted by molar-refractivity contribution is 0.202. The molecule has 0 aliphatic carbocycles. The highest BCUT2D eigenvalue weighted by molar-refractivity contribution is 5.51. The van der Waals surface area contributed by atoms with Gasteiger partial charge < -0.3 is 9.73 Å². The summed E-state index contributed by atoms with van der Waals surface area (Å²) in [6.07, 6.45) is 3.37. The first-order valence-electron chi connectivity index (χ1n) is 7.16. The average molecular weight is 284 g/mol. The summed E-state index contributed by atoms with van der Waals surface area (Å²) >= 11 is 0. The van der Waals surface area contributed by atoms with Crippen molar-refractivity contribution in [2.75, 3.05) is 25.0 Å². The number of nitriles is 1. The van der Waals surface area contributed by atoms with Crippen molar-refractivity contribution < 1.29 is 4.42 Å². The van der Waals surface area contributed by atoms with E-state index < -0.39 is 0 Å². The Hall–Kier alpha value is -2.32. The van der Waals surface area contributed by atoms with Crippen molar-refractivity contribution in [2.24, 2.45) is 0 Å². The number of rotatable bonds is 7. The molecule has 1 atom stereocenters. The number of pyridine rings is 1. The number of furan rings is 1. The van der Waals surface area contributed by atoms with Crippen LogP contribution in [0.1, 0.15) is 31.2 Å². The molecule has 2 aromatic rings. The molecule has 2 aromatic heterocycles. The Bertz CT molecular complexity index is 585. The van der Waals surface area contributed by atoms with Crippen molar-refractivity contribution in [2.45, 2.75) is 19.9 Å². The Labute approximate surface area is 125 Å². The molecule has 110 valence electrons. The highest BCUT2D eigenvalue weighted by atomic mass is 16.3. The summed E-state index contributed by atoms with van der Waals surface area (Å²) in [5, 5.41) is 12.4. The molecule has 5 nitrogen and oxygen atoms in total. The van der Waals surface area contributed by atoms with Gasteiger partial charge in [0.15, 0.2) is 0 Å². The first-order valence-corrected chi connectivity index (χ1v) is 7.16. The molecular weight excluding hydrogens is 264 g/mol. The average Bonchev–Trinajstić information content (AvgIpc) is 3.05. The Kier molecular flexibility index (Phi) is 5.35. The third-order valence-electron chi connectivity index (χ3n) is 3.52. The molecule has 0 spiro atoms. The van der Waals surface area contributed by atoms with Gasteiger partial charge in [0.05, 0.1) is 17.9 Å². The standard InChI is InChI=1S/C16H20N4O/c1-3-20(4-2)14(15-8-6-10-21-15)12-19-16-13(11-17)7-5-9-18-16/h5-10,14H,3-4,12H2,1-2H3,(H,18,19)/t14-/m1/s1. The molecule has 21 heavy (non-hydrogen) atoms. The van der Waals surface area contributed by atoms with E-state index in [0.29, 0.717) is 17.9 Å². The Morgan fingerprint density at radius 1 is 1.33 bits per heavy atom. The maximum atomic E-state index is 9.11. The summed E-state index contributed by atoms with van der Waals surface area (Å²) in [5.41, 5.74) is 0.551. The normalized spacial score (nSPS) is 12.1. The van der Waals surface area contributed by atoms with Crippen LogP contribution in [0.5, 0.6) is 0 Å². The molecule has 0 saturated heterocycles. The van der Waals surface area contributed by atoms with Gasteiger partial charge >= 0.3 is 0 Å². The smallest absolute Gasteiger partial charge is 0.143 e. The molecule has 0 amide bonds. The van der Waals surface area contributed by atoms with Crippen LogP contribution in [0.25, 0.3) is 0 Å². The van der Waals surface area contributed by atoms with Crippen LogP contribution in [0, 0.1) is 11.3 Å². The second kappa shape index (κ2) is 7.46. The number of nitrogens with zero attached hydrogens (tertiary/aromatic N) is 3. The quantitative estimate of drug-likeness (QED) is 0.846. The summed E-state index contributed by atoms with van der Waals surface area (Å²) in [7, 11) is 0. The van der Waals surface area contributed by atoms with Gasteiger partial charge in [-0.25, -0.2) is 4.98 Å². The first-order chi connectivity index (χ1) is 10.3. The highest BCUT2D eigenvalue weighted by Gasteiger charge is 2.20. The lowest BCUT2D eigenvalue weighted by Crippen LogP contribution is -2.33. The molecule has 0 radical (unpaired) electrons. The number of nitrogens with one attached hydrogen (secondary N) is 1. The zero-order valence-electron chi connectivity index (χ0n) is 12.4. The van der Waals surface area contributed by atoms with Gasteiger partial charge in [-0.15, -0.1) is 0 Å². The first kappa shape index (κ1) is 15.1. The maximum absolute atomic E-state index is 9.11. The largest absolute Gasteiger partial charge is 0.468 e. The number of hydrogen-bond donors (Lipinski definition) is 1. The Balaban J connectivity index is 2.15. The molecule has 0 bridgehead atoms. The van der Waals surface area contributed by atoms with Gasteiger partial charge in [0.1, 0.15) is 17.6 Å². The lowest BCUT2D eigenvalue weighted by atomic mass is 10.1. The molecular formula is C16H20N4O. The minimum Gasteiger partial charge on any atom is -0.468 e. The van der Waals surface area contributed by atoms with E-state index in [1.807, 2.05) is 12.1 Å². The van der Waals surface area contributed by atoms with Crippen molar-refractivity contribution in [3.63, 3.8) is 0 Å². The third-order valence-corrected chi connectivity index (χ3v) is 3.52. The Morgan fingerprint density at radius 2 is 2.14 bits per heavy atom. The van der Waals surface area contributed by atoms with Crippen molar-refractivity contribution >= 4 is 5.82 Å². The van der Waals surface area contributed by atoms with E-state index in [2.05, 4.69) is 35.1 Å². The van der Waals surface area contributed by atoms with E-state index in [1.54, 1.807) is 24.6 Å². The molecule has 2 rings (SSSR count). The predicted molar refractivity (Wildman–Crippen MR) is 81.8 cm³/mol. The summed E-state index contributed by atoms with van der Waals surface area (Å²) < 4.78 is 5.56. The van der Waals surface area contributed by atoms with Crippen LogP contribution in [-0.2, 0) is 0 Å². The fourth-order valence-electron chi connectivity index (χ4n) is 2.38. The number of anilines is 1. The molecule has 0 saturated carbocycles. The zero-order chi connectivity index (χ0) is 15.1.